The summed E-state index contributed by atoms with van der Waals surface area (Å²) < 4.78 is 19.5. The number of hydrogen-bond acceptors (Lipinski definition) is 4. The molecule has 0 radical (unpaired) electrons. The summed E-state index contributed by atoms with van der Waals surface area (Å²) in [6.07, 6.45) is -0.213. The van der Waals surface area contributed by atoms with Crippen molar-refractivity contribution in [2.24, 2.45) is 0 Å². The van der Waals surface area contributed by atoms with Crippen LogP contribution in [0.15, 0.2) is 48.5 Å². The van der Waals surface area contributed by atoms with Gasteiger partial charge in [-0.3, -0.25) is 4.90 Å². The van der Waals surface area contributed by atoms with Crippen LogP contribution in [-0.2, 0) is 21.7 Å². The molecule has 1 aliphatic rings. The van der Waals surface area contributed by atoms with E-state index in [9.17, 15) is 9.32 Å². The third-order valence-corrected chi connectivity index (χ3v) is 4.80. The highest BCUT2D eigenvalue weighted by Crippen LogP contribution is 2.44. The van der Waals surface area contributed by atoms with Gasteiger partial charge in [0.15, 0.2) is 5.60 Å². The minimum absolute atomic E-state index is 0.0488. The number of halogens is 1. The van der Waals surface area contributed by atoms with Gasteiger partial charge in [0.05, 0.1) is 12.2 Å². The van der Waals surface area contributed by atoms with Crippen LogP contribution in [0.2, 0.25) is 0 Å². The van der Waals surface area contributed by atoms with Crippen LogP contribution < -0.4 is 9.80 Å². The summed E-state index contributed by atoms with van der Waals surface area (Å²) in [6, 6.07) is 15.1. The molecule has 0 saturated carbocycles. The van der Waals surface area contributed by atoms with Crippen LogP contribution in [0.1, 0.15) is 31.9 Å². The Morgan fingerprint density at radius 1 is 1.14 bits per heavy atom. The molecule has 0 aliphatic carbocycles. The van der Waals surface area contributed by atoms with Crippen LogP contribution in [0.5, 0.6) is 0 Å². The van der Waals surface area contributed by atoms with Crippen LogP contribution in [0, 0.1) is 0 Å². The topological polar surface area (TPSA) is 42.0 Å². The number of carbonyl (C=O) groups excluding carboxylic acids is 1. The number of carbonyl (C=O) groups is 1. The second kappa shape index (κ2) is 7.43. The van der Waals surface area contributed by atoms with Crippen molar-refractivity contribution in [3.63, 3.8) is 0 Å². The fourth-order valence-electron chi connectivity index (χ4n) is 3.49. The van der Waals surface area contributed by atoms with Crippen molar-refractivity contribution >= 4 is 17.5 Å². The van der Waals surface area contributed by atoms with Gasteiger partial charge in [-0.2, -0.15) is 4.94 Å². The summed E-state index contributed by atoms with van der Waals surface area (Å²) in [6.45, 7) is 5.46. The highest BCUT2D eigenvalue weighted by molar-refractivity contribution is 5.91. The molecule has 1 amide bonds. The molecule has 6 heteroatoms. The Bertz CT molecular complexity index is 846. The molecule has 2 aromatic carbocycles. The third-order valence-electron chi connectivity index (χ3n) is 4.80. The lowest BCUT2D eigenvalue weighted by atomic mass is 9.89. The third kappa shape index (κ3) is 3.97. The smallest absolute Gasteiger partial charge is 0.414 e. The number of nitrogens with zero attached hydrogens (tertiary/aromatic N) is 2. The van der Waals surface area contributed by atoms with Gasteiger partial charge < -0.3 is 9.64 Å². The zero-order chi connectivity index (χ0) is 20.5. The molecule has 1 aliphatic heterocycles. The molecule has 0 bridgehead atoms. The molecule has 1 atom stereocenters. The summed E-state index contributed by atoms with van der Waals surface area (Å²) >= 11 is 0. The molecule has 5 nitrogen and oxygen atoms in total. The Hall–Kier alpha value is -2.60. The average Bonchev–Trinajstić information content (AvgIpc) is 2.96. The molecule has 0 saturated heterocycles. The summed E-state index contributed by atoms with van der Waals surface area (Å²) in [7, 11) is 3.93. The monoisotopic (exact) mass is 386 g/mol. The Morgan fingerprint density at radius 3 is 2.36 bits per heavy atom. The molecule has 0 spiro atoms. The van der Waals surface area contributed by atoms with E-state index < -0.39 is 17.3 Å². The minimum atomic E-state index is -1.27. The molecule has 0 N–H and O–H groups in total. The van der Waals surface area contributed by atoms with Crippen molar-refractivity contribution in [1.29, 1.82) is 0 Å². The van der Waals surface area contributed by atoms with Crippen molar-refractivity contribution in [3.05, 3.63) is 59.7 Å². The van der Waals surface area contributed by atoms with Gasteiger partial charge >= 0.3 is 6.09 Å². The normalized spacial score (nSPS) is 18.7. The minimum Gasteiger partial charge on any atom is -0.443 e. The highest BCUT2D eigenvalue weighted by Gasteiger charge is 2.48. The predicted molar refractivity (Wildman–Crippen MR) is 108 cm³/mol. The van der Waals surface area contributed by atoms with Crippen molar-refractivity contribution in [2.45, 2.75) is 38.4 Å². The van der Waals surface area contributed by atoms with Crippen molar-refractivity contribution in [3.8, 4) is 0 Å². The Labute approximate surface area is 165 Å². The first kappa shape index (κ1) is 20.1. The standard InChI is InChI=1S/C22H27FN2O3/c1-21(2,3)27-20(26)25-15-22(28-23,18-8-6-7-9-19(18)25)14-16-10-12-17(13-11-16)24(4)5/h6-13H,14-15H2,1-5H3. The molecule has 1 heterocycles. The lowest BCUT2D eigenvalue weighted by Crippen LogP contribution is -2.41. The van der Waals surface area contributed by atoms with E-state index in [0.717, 1.165) is 11.3 Å². The number of fused-ring (bicyclic) bond motifs is 1. The summed E-state index contributed by atoms with van der Waals surface area (Å²) in [4.78, 5) is 20.7. The largest absolute Gasteiger partial charge is 0.443 e. The van der Waals surface area contributed by atoms with Gasteiger partial charge in [-0.15, -0.1) is 0 Å². The molecule has 3 rings (SSSR count). The van der Waals surface area contributed by atoms with E-state index in [-0.39, 0.29) is 6.54 Å². The Balaban J connectivity index is 1.93. The maximum absolute atomic E-state index is 14.0. The molecule has 28 heavy (non-hydrogen) atoms. The van der Waals surface area contributed by atoms with Crippen LogP contribution in [-0.4, -0.2) is 32.3 Å². The van der Waals surface area contributed by atoms with E-state index in [0.29, 0.717) is 17.7 Å². The number of rotatable bonds is 4. The molecule has 0 aromatic heterocycles. The van der Waals surface area contributed by atoms with Gasteiger partial charge in [0, 0.05) is 31.8 Å². The molecule has 0 fully saturated rings. The number of hydrogen-bond donors (Lipinski definition) is 0. The highest BCUT2D eigenvalue weighted by atomic mass is 19.3. The molecular formula is C22H27FN2O3. The second-order valence-corrected chi connectivity index (χ2v) is 8.39. The first-order valence-electron chi connectivity index (χ1n) is 9.31. The average molecular weight is 386 g/mol. The zero-order valence-electron chi connectivity index (χ0n) is 17.0. The van der Waals surface area contributed by atoms with E-state index in [4.69, 9.17) is 4.74 Å². The van der Waals surface area contributed by atoms with E-state index in [2.05, 4.69) is 4.94 Å². The summed E-state index contributed by atoms with van der Waals surface area (Å²) in [5.41, 5.74) is 1.31. The number of ether oxygens (including phenoxy) is 1. The van der Waals surface area contributed by atoms with Gasteiger partial charge in [0.25, 0.3) is 0 Å². The molecular weight excluding hydrogens is 359 g/mol. The SMILES string of the molecule is CN(C)c1ccc(CC2(OF)CN(C(=O)OC(C)(C)C)c3ccccc32)cc1. The van der Waals surface area contributed by atoms with Gasteiger partial charge in [-0.1, -0.05) is 30.3 Å². The number of anilines is 2. The summed E-state index contributed by atoms with van der Waals surface area (Å²) in [5, 5.41) is 0. The molecule has 1 unspecified atom stereocenters. The zero-order valence-corrected chi connectivity index (χ0v) is 17.0. The van der Waals surface area contributed by atoms with E-state index in [1.54, 1.807) is 32.9 Å². The quantitative estimate of drug-likeness (QED) is 0.754. The van der Waals surface area contributed by atoms with E-state index >= 15 is 0 Å². The fourth-order valence-corrected chi connectivity index (χ4v) is 3.49. The van der Waals surface area contributed by atoms with Crippen molar-refractivity contribution < 1.29 is 19.0 Å². The van der Waals surface area contributed by atoms with Crippen molar-refractivity contribution in [2.75, 3.05) is 30.4 Å². The second-order valence-electron chi connectivity index (χ2n) is 8.39. The van der Waals surface area contributed by atoms with Gasteiger partial charge in [-0.25, -0.2) is 4.79 Å². The fraction of sp³-hybridized carbons (Fsp3) is 0.409. The van der Waals surface area contributed by atoms with Gasteiger partial charge in [0.2, 0.25) is 0 Å². The first-order valence-corrected chi connectivity index (χ1v) is 9.31. The lowest BCUT2D eigenvalue weighted by Gasteiger charge is -2.27. The summed E-state index contributed by atoms with van der Waals surface area (Å²) in [5.74, 6) is 0. The van der Waals surface area contributed by atoms with E-state index in [1.807, 2.05) is 55.4 Å². The number of para-hydroxylation sites is 1. The Kier molecular flexibility index (Phi) is 5.35. The van der Waals surface area contributed by atoms with Gasteiger partial charge in [0.1, 0.15) is 5.60 Å². The van der Waals surface area contributed by atoms with Crippen LogP contribution in [0.4, 0.5) is 20.7 Å². The number of benzene rings is 2. The Morgan fingerprint density at radius 2 is 1.79 bits per heavy atom. The van der Waals surface area contributed by atoms with Crippen LogP contribution >= 0.6 is 0 Å². The van der Waals surface area contributed by atoms with Crippen LogP contribution in [0.3, 0.4) is 0 Å². The predicted octanol–water partition coefficient (Wildman–Crippen LogP) is 4.85. The number of amides is 1. The molecule has 150 valence electrons. The van der Waals surface area contributed by atoms with Crippen LogP contribution in [0.25, 0.3) is 0 Å². The van der Waals surface area contributed by atoms with Gasteiger partial charge in [-0.05, 0) is 49.1 Å². The molecule has 2 aromatic rings. The lowest BCUT2D eigenvalue weighted by molar-refractivity contribution is -0.235. The van der Waals surface area contributed by atoms with Crippen molar-refractivity contribution in [1.82, 2.24) is 0 Å². The van der Waals surface area contributed by atoms with E-state index in [1.165, 1.54) is 4.90 Å². The first-order chi connectivity index (χ1) is 13.1. The maximum Gasteiger partial charge on any atom is 0.414 e. The maximum atomic E-state index is 14.0.